The Morgan fingerprint density at radius 3 is 2.63 bits per heavy atom. The smallest absolute Gasteiger partial charge is 0.0210 e. The molecule has 0 atom stereocenters. The lowest BCUT2D eigenvalue weighted by Crippen LogP contribution is -2.40. The highest BCUT2D eigenvalue weighted by Crippen LogP contribution is 2.39. The maximum atomic E-state index is 3.70. The molecule has 0 spiro atoms. The van der Waals surface area contributed by atoms with Crippen LogP contribution in [0.3, 0.4) is 0 Å². The van der Waals surface area contributed by atoms with E-state index in [-0.39, 0.29) is 0 Å². The first-order valence-corrected chi connectivity index (χ1v) is 8.44. The zero-order chi connectivity index (χ0) is 13.7. The standard InChI is InChI=1S/C17H26BrN/c1-13(2)7-5-6-10-19-15-11-14(12-15)16-8-3-4-9-17(16)18/h3-4,8-9,13-15,19H,5-7,10-12H2,1-2H3. The molecule has 0 radical (unpaired) electrons. The Kier molecular flexibility index (Phi) is 5.90. The molecule has 1 nitrogen and oxygen atoms in total. The van der Waals surface area contributed by atoms with Crippen LogP contribution in [0.15, 0.2) is 28.7 Å². The van der Waals surface area contributed by atoms with Gasteiger partial charge in [0.05, 0.1) is 0 Å². The molecule has 0 saturated heterocycles. The number of benzene rings is 1. The van der Waals surface area contributed by atoms with Gasteiger partial charge in [-0.05, 0) is 49.3 Å². The van der Waals surface area contributed by atoms with Crippen molar-refractivity contribution in [2.45, 2.75) is 57.9 Å². The molecular formula is C17H26BrN. The van der Waals surface area contributed by atoms with E-state index < -0.39 is 0 Å². The minimum Gasteiger partial charge on any atom is -0.314 e. The summed E-state index contributed by atoms with van der Waals surface area (Å²) in [5.41, 5.74) is 1.49. The van der Waals surface area contributed by atoms with E-state index >= 15 is 0 Å². The molecule has 1 aromatic rings. The molecule has 0 unspecified atom stereocenters. The number of nitrogens with one attached hydrogen (secondary N) is 1. The topological polar surface area (TPSA) is 12.0 Å². The van der Waals surface area contributed by atoms with E-state index in [4.69, 9.17) is 0 Å². The number of hydrogen-bond acceptors (Lipinski definition) is 1. The Hall–Kier alpha value is -0.340. The molecule has 1 aromatic carbocycles. The van der Waals surface area contributed by atoms with Crippen molar-refractivity contribution in [3.63, 3.8) is 0 Å². The molecule has 2 rings (SSSR count). The van der Waals surface area contributed by atoms with E-state index in [0.29, 0.717) is 0 Å². The first-order chi connectivity index (χ1) is 9.16. The van der Waals surface area contributed by atoms with Crippen LogP contribution in [0, 0.1) is 5.92 Å². The fourth-order valence-electron chi connectivity index (χ4n) is 2.83. The molecule has 1 aliphatic rings. The summed E-state index contributed by atoms with van der Waals surface area (Å²) in [6, 6.07) is 9.40. The van der Waals surface area contributed by atoms with Gasteiger partial charge in [-0.3, -0.25) is 0 Å². The van der Waals surface area contributed by atoms with Crippen LogP contribution in [0.4, 0.5) is 0 Å². The SMILES string of the molecule is CC(C)CCCCNC1CC(c2ccccc2Br)C1. The largest absolute Gasteiger partial charge is 0.314 e. The van der Waals surface area contributed by atoms with Crippen LogP contribution in [0.5, 0.6) is 0 Å². The second kappa shape index (κ2) is 7.44. The normalized spacial score (nSPS) is 22.5. The fraction of sp³-hybridized carbons (Fsp3) is 0.647. The van der Waals surface area contributed by atoms with Gasteiger partial charge >= 0.3 is 0 Å². The third-order valence-corrected chi connectivity index (χ3v) is 4.85. The van der Waals surface area contributed by atoms with Crippen molar-refractivity contribution in [3.8, 4) is 0 Å². The molecule has 0 bridgehead atoms. The first kappa shape index (κ1) is 15.1. The Morgan fingerprint density at radius 1 is 1.21 bits per heavy atom. The zero-order valence-corrected chi connectivity index (χ0v) is 13.7. The Labute approximate surface area is 126 Å². The van der Waals surface area contributed by atoms with Gasteiger partial charge in [-0.25, -0.2) is 0 Å². The summed E-state index contributed by atoms with van der Waals surface area (Å²) in [4.78, 5) is 0. The van der Waals surface area contributed by atoms with Crippen molar-refractivity contribution >= 4 is 15.9 Å². The zero-order valence-electron chi connectivity index (χ0n) is 12.2. The monoisotopic (exact) mass is 323 g/mol. The van der Waals surface area contributed by atoms with Crippen LogP contribution in [0.1, 0.15) is 57.4 Å². The average Bonchev–Trinajstić information content (AvgIpc) is 2.32. The van der Waals surface area contributed by atoms with E-state index in [0.717, 1.165) is 17.9 Å². The van der Waals surface area contributed by atoms with Gasteiger partial charge in [0.25, 0.3) is 0 Å². The highest BCUT2D eigenvalue weighted by Gasteiger charge is 2.30. The van der Waals surface area contributed by atoms with Crippen LogP contribution >= 0.6 is 15.9 Å². The van der Waals surface area contributed by atoms with Gasteiger partial charge in [0.2, 0.25) is 0 Å². The fourth-order valence-corrected chi connectivity index (χ4v) is 3.44. The summed E-state index contributed by atoms with van der Waals surface area (Å²) < 4.78 is 1.27. The maximum Gasteiger partial charge on any atom is 0.0210 e. The van der Waals surface area contributed by atoms with Crippen molar-refractivity contribution < 1.29 is 0 Å². The van der Waals surface area contributed by atoms with Gasteiger partial charge in [-0.1, -0.05) is 60.8 Å². The number of rotatable bonds is 7. The molecule has 19 heavy (non-hydrogen) atoms. The van der Waals surface area contributed by atoms with Crippen molar-refractivity contribution in [2.24, 2.45) is 5.92 Å². The highest BCUT2D eigenvalue weighted by molar-refractivity contribution is 9.10. The van der Waals surface area contributed by atoms with Gasteiger partial charge in [-0.2, -0.15) is 0 Å². The van der Waals surface area contributed by atoms with Gasteiger partial charge in [0.1, 0.15) is 0 Å². The summed E-state index contributed by atoms with van der Waals surface area (Å²) in [6.45, 7) is 5.81. The molecule has 0 heterocycles. The number of halogens is 1. The van der Waals surface area contributed by atoms with E-state index in [1.165, 1.54) is 48.7 Å². The van der Waals surface area contributed by atoms with Crippen LogP contribution in [0.25, 0.3) is 0 Å². The third-order valence-electron chi connectivity index (χ3n) is 4.12. The molecule has 106 valence electrons. The van der Waals surface area contributed by atoms with E-state index in [1.807, 2.05) is 0 Å². The molecule has 1 saturated carbocycles. The van der Waals surface area contributed by atoms with Gasteiger partial charge in [0.15, 0.2) is 0 Å². The van der Waals surface area contributed by atoms with Gasteiger partial charge < -0.3 is 5.32 Å². The lowest BCUT2D eigenvalue weighted by Gasteiger charge is -2.37. The maximum absolute atomic E-state index is 3.70. The van der Waals surface area contributed by atoms with Crippen LogP contribution < -0.4 is 5.32 Å². The minimum absolute atomic E-state index is 0.746. The lowest BCUT2D eigenvalue weighted by molar-refractivity contribution is 0.288. The molecule has 0 aliphatic heterocycles. The van der Waals surface area contributed by atoms with Crippen molar-refractivity contribution in [3.05, 3.63) is 34.3 Å². The summed E-state index contributed by atoms with van der Waals surface area (Å²) in [6.07, 6.45) is 6.66. The predicted molar refractivity (Wildman–Crippen MR) is 86.6 cm³/mol. The van der Waals surface area contributed by atoms with Crippen LogP contribution in [0.2, 0.25) is 0 Å². The van der Waals surface area contributed by atoms with E-state index in [2.05, 4.69) is 59.4 Å². The molecule has 1 N–H and O–H groups in total. The summed E-state index contributed by atoms with van der Waals surface area (Å²) in [5, 5.41) is 3.70. The predicted octanol–water partition coefficient (Wildman–Crippen LogP) is 5.11. The lowest BCUT2D eigenvalue weighted by atomic mass is 9.76. The van der Waals surface area contributed by atoms with Crippen LogP contribution in [-0.2, 0) is 0 Å². The van der Waals surface area contributed by atoms with E-state index in [1.54, 1.807) is 0 Å². The van der Waals surface area contributed by atoms with Gasteiger partial charge in [-0.15, -0.1) is 0 Å². The van der Waals surface area contributed by atoms with Gasteiger partial charge in [0, 0.05) is 10.5 Å². The molecule has 1 fully saturated rings. The second-order valence-electron chi connectivity index (χ2n) is 6.23. The Balaban J connectivity index is 1.60. The summed E-state index contributed by atoms with van der Waals surface area (Å²) >= 11 is 3.66. The summed E-state index contributed by atoms with van der Waals surface area (Å²) in [5.74, 6) is 1.60. The molecule has 2 heteroatoms. The average molecular weight is 324 g/mol. The molecule has 1 aliphatic carbocycles. The van der Waals surface area contributed by atoms with E-state index in [9.17, 15) is 0 Å². The first-order valence-electron chi connectivity index (χ1n) is 7.64. The van der Waals surface area contributed by atoms with Crippen molar-refractivity contribution in [1.82, 2.24) is 5.32 Å². The third kappa shape index (κ3) is 4.61. The quantitative estimate of drug-likeness (QED) is 0.687. The summed E-state index contributed by atoms with van der Waals surface area (Å²) in [7, 11) is 0. The van der Waals surface area contributed by atoms with Crippen LogP contribution in [-0.4, -0.2) is 12.6 Å². The number of unbranched alkanes of at least 4 members (excludes halogenated alkanes) is 1. The molecule has 0 amide bonds. The van der Waals surface area contributed by atoms with Crippen molar-refractivity contribution in [1.29, 1.82) is 0 Å². The highest BCUT2D eigenvalue weighted by atomic mass is 79.9. The van der Waals surface area contributed by atoms with Crippen molar-refractivity contribution in [2.75, 3.05) is 6.54 Å². The molecule has 0 aromatic heterocycles. The minimum atomic E-state index is 0.746. The molecular weight excluding hydrogens is 298 g/mol. The Bertz CT molecular complexity index is 383. The Morgan fingerprint density at radius 2 is 1.95 bits per heavy atom. The second-order valence-corrected chi connectivity index (χ2v) is 7.08. The number of hydrogen-bond donors (Lipinski definition) is 1.